The second-order valence-electron chi connectivity index (χ2n) is 9.02. The second kappa shape index (κ2) is 10.7. The van der Waals surface area contributed by atoms with Crippen molar-refractivity contribution in [2.45, 2.75) is 32.9 Å². The summed E-state index contributed by atoms with van der Waals surface area (Å²) in [5, 5.41) is 0.698. The van der Waals surface area contributed by atoms with E-state index in [4.69, 9.17) is 9.15 Å². The maximum Gasteiger partial charge on any atom is 0.418 e. The molecule has 1 aromatic heterocycles. The first-order chi connectivity index (χ1) is 17.1. The van der Waals surface area contributed by atoms with Gasteiger partial charge in [0.05, 0.1) is 12.2 Å². The standard InChI is InChI=1S/C27H29F3N2O4/c1-18-17-24(34)36-26-20(18)9-10-23(25(26)19(2)33)35-16-6-5-11-31-12-14-32(15-13-31)22-8-4-3-7-21(22)27(28,29)30/h3-4,7-10,17H,5-6,11-16H2,1-2H3. The molecular weight excluding hydrogens is 473 g/mol. The average Bonchev–Trinajstić information content (AvgIpc) is 2.83. The zero-order valence-corrected chi connectivity index (χ0v) is 20.4. The minimum absolute atomic E-state index is 0.237. The fourth-order valence-electron chi connectivity index (χ4n) is 4.64. The molecule has 0 radical (unpaired) electrons. The number of piperazine rings is 1. The molecule has 36 heavy (non-hydrogen) atoms. The highest BCUT2D eigenvalue weighted by atomic mass is 19.4. The van der Waals surface area contributed by atoms with Crippen molar-refractivity contribution in [3.8, 4) is 5.75 Å². The topological polar surface area (TPSA) is 63.0 Å². The first-order valence-electron chi connectivity index (χ1n) is 12.0. The van der Waals surface area contributed by atoms with Gasteiger partial charge < -0.3 is 14.1 Å². The van der Waals surface area contributed by atoms with E-state index >= 15 is 0 Å². The largest absolute Gasteiger partial charge is 0.493 e. The molecule has 0 bridgehead atoms. The number of carbonyl (C=O) groups excluding carboxylic acids is 1. The summed E-state index contributed by atoms with van der Waals surface area (Å²) in [5.41, 5.74) is 0.377. The minimum atomic E-state index is -4.37. The van der Waals surface area contributed by atoms with Gasteiger partial charge in [0.15, 0.2) is 11.4 Å². The van der Waals surface area contributed by atoms with Gasteiger partial charge in [-0.15, -0.1) is 0 Å². The highest BCUT2D eigenvalue weighted by molar-refractivity contribution is 6.07. The summed E-state index contributed by atoms with van der Waals surface area (Å²) in [7, 11) is 0. The molecule has 0 atom stereocenters. The molecule has 0 aliphatic carbocycles. The third kappa shape index (κ3) is 5.73. The van der Waals surface area contributed by atoms with E-state index in [1.54, 1.807) is 30.0 Å². The molecule has 9 heteroatoms. The summed E-state index contributed by atoms with van der Waals surface area (Å²) < 4.78 is 51.2. The molecule has 1 aliphatic rings. The van der Waals surface area contributed by atoms with Crippen molar-refractivity contribution in [1.82, 2.24) is 4.90 Å². The number of carbonyl (C=O) groups is 1. The van der Waals surface area contributed by atoms with Crippen LogP contribution in [0.5, 0.6) is 5.75 Å². The summed E-state index contributed by atoms with van der Waals surface area (Å²) in [5.74, 6) is 0.148. The van der Waals surface area contributed by atoms with Crippen molar-refractivity contribution in [3.05, 3.63) is 69.6 Å². The highest BCUT2D eigenvalue weighted by Gasteiger charge is 2.35. The number of hydrogen-bond acceptors (Lipinski definition) is 6. The maximum atomic E-state index is 13.3. The van der Waals surface area contributed by atoms with Crippen LogP contribution in [0.25, 0.3) is 11.0 Å². The van der Waals surface area contributed by atoms with Gasteiger partial charge in [0.1, 0.15) is 11.3 Å². The number of unbranched alkanes of at least 4 members (excludes halogenated alkanes) is 1. The lowest BCUT2D eigenvalue weighted by Gasteiger charge is -2.37. The van der Waals surface area contributed by atoms with Gasteiger partial charge in [-0.2, -0.15) is 13.2 Å². The molecule has 1 saturated heterocycles. The molecule has 0 unspecified atom stereocenters. The first kappa shape index (κ1) is 25.8. The second-order valence-corrected chi connectivity index (χ2v) is 9.02. The van der Waals surface area contributed by atoms with Crippen LogP contribution in [0.1, 0.15) is 41.3 Å². The van der Waals surface area contributed by atoms with Crippen LogP contribution < -0.4 is 15.3 Å². The summed E-state index contributed by atoms with van der Waals surface area (Å²) in [4.78, 5) is 28.1. The number of ketones is 1. The number of ether oxygens (including phenoxy) is 1. The lowest BCUT2D eigenvalue weighted by atomic mass is 10.0. The fourth-order valence-corrected chi connectivity index (χ4v) is 4.64. The van der Waals surface area contributed by atoms with E-state index in [-0.39, 0.29) is 22.6 Å². The van der Waals surface area contributed by atoms with Crippen molar-refractivity contribution >= 4 is 22.4 Å². The van der Waals surface area contributed by atoms with Crippen molar-refractivity contribution in [3.63, 3.8) is 0 Å². The van der Waals surface area contributed by atoms with E-state index < -0.39 is 17.4 Å². The Bertz CT molecular complexity index is 1290. The van der Waals surface area contributed by atoms with Crippen molar-refractivity contribution < 1.29 is 27.1 Å². The highest BCUT2D eigenvalue weighted by Crippen LogP contribution is 2.36. The molecule has 4 rings (SSSR count). The zero-order valence-electron chi connectivity index (χ0n) is 20.4. The number of rotatable bonds is 8. The SMILES string of the molecule is CC(=O)c1c(OCCCCN2CCN(c3ccccc3C(F)(F)F)CC2)ccc2c(C)cc(=O)oc12. The predicted octanol–water partition coefficient (Wildman–Crippen LogP) is 5.30. The lowest BCUT2D eigenvalue weighted by molar-refractivity contribution is -0.137. The van der Waals surface area contributed by atoms with Crippen LogP contribution in [0.15, 0.2) is 51.7 Å². The lowest BCUT2D eigenvalue weighted by Crippen LogP contribution is -2.47. The molecule has 0 N–H and O–H groups in total. The number of para-hydroxylation sites is 1. The number of halogens is 3. The number of benzene rings is 2. The molecule has 0 amide bonds. The Labute approximate surface area is 207 Å². The first-order valence-corrected chi connectivity index (χ1v) is 12.0. The van der Waals surface area contributed by atoms with Crippen LogP contribution >= 0.6 is 0 Å². The van der Waals surface area contributed by atoms with Crippen LogP contribution in [0.3, 0.4) is 0 Å². The maximum absolute atomic E-state index is 13.3. The molecule has 2 heterocycles. The molecule has 192 valence electrons. The van der Waals surface area contributed by atoms with Gasteiger partial charge in [-0.05, 0) is 63.1 Å². The number of alkyl halides is 3. The van der Waals surface area contributed by atoms with Gasteiger partial charge in [-0.25, -0.2) is 4.79 Å². The molecule has 6 nitrogen and oxygen atoms in total. The normalized spacial score (nSPS) is 14.9. The Morgan fingerprint density at radius 2 is 1.78 bits per heavy atom. The van der Waals surface area contributed by atoms with Gasteiger partial charge in [0.25, 0.3) is 0 Å². The van der Waals surface area contributed by atoms with Crippen molar-refractivity contribution in [2.75, 3.05) is 44.2 Å². The summed E-state index contributed by atoms with van der Waals surface area (Å²) in [6, 6.07) is 10.6. The Hall–Kier alpha value is -3.33. The van der Waals surface area contributed by atoms with Crippen LogP contribution in [-0.4, -0.2) is 50.0 Å². The summed E-state index contributed by atoms with van der Waals surface area (Å²) >= 11 is 0. The predicted molar refractivity (Wildman–Crippen MR) is 132 cm³/mol. The quantitative estimate of drug-likeness (QED) is 0.237. The Morgan fingerprint density at radius 1 is 1.06 bits per heavy atom. The van der Waals surface area contributed by atoms with Crippen molar-refractivity contribution in [1.29, 1.82) is 0 Å². The minimum Gasteiger partial charge on any atom is -0.493 e. The van der Waals surface area contributed by atoms with Crippen molar-refractivity contribution in [2.24, 2.45) is 0 Å². The molecule has 0 saturated carbocycles. The van der Waals surface area contributed by atoms with Crippen LogP contribution in [-0.2, 0) is 6.18 Å². The number of aryl methyl sites for hydroxylation is 1. The number of hydrogen-bond donors (Lipinski definition) is 0. The zero-order chi connectivity index (χ0) is 25.9. The van der Waals surface area contributed by atoms with Crippen LogP contribution in [0.4, 0.5) is 18.9 Å². The average molecular weight is 503 g/mol. The van der Waals surface area contributed by atoms with Gasteiger partial charge in [0, 0.05) is 43.3 Å². The van der Waals surface area contributed by atoms with E-state index in [1.807, 2.05) is 0 Å². The Morgan fingerprint density at radius 3 is 2.47 bits per heavy atom. The van der Waals surface area contributed by atoms with E-state index in [9.17, 15) is 22.8 Å². The van der Waals surface area contributed by atoms with E-state index in [2.05, 4.69) is 4.90 Å². The molecule has 2 aromatic carbocycles. The Kier molecular flexibility index (Phi) is 7.68. The molecule has 1 aliphatic heterocycles. The fraction of sp³-hybridized carbons (Fsp3) is 0.407. The van der Waals surface area contributed by atoms with Gasteiger partial charge in [-0.3, -0.25) is 9.69 Å². The summed E-state index contributed by atoms with van der Waals surface area (Å²) in [6.45, 7) is 6.84. The number of nitrogens with zero attached hydrogens (tertiary/aromatic N) is 2. The number of anilines is 1. The third-order valence-corrected chi connectivity index (χ3v) is 6.48. The molecular formula is C27H29F3N2O4. The molecule has 0 spiro atoms. The van der Waals surface area contributed by atoms with Gasteiger partial charge in [-0.1, -0.05) is 12.1 Å². The van der Waals surface area contributed by atoms with Crippen LogP contribution in [0, 0.1) is 6.92 Å². The number of fused-ring (bicyclic) bond motifs is 1. The van der Waals surface area contributed by atoms with E-state index in [1.165, 1.54) is 25.1 Å². The van der Waals surface area contributed by atoms with Crippen LogP contribution in [0.2, 0.25) is 0 Å². The summed E-state index contributed by atoms with van der Waals surface area (Å²) in [6.07, 6.45) is -2.79. The van der Waals surface area contributed by atoms with Gasteiger partial charge >= 0.3 is 11.8 Å². The van der Waals surface area contributed by atoms with E-state index in [0.717, 1.165) is 31.0 Å². The van der Waals surface area contributed by atoms with Gasteiger partial charge in [0.2, 0.25) is 0 Å². The monoisotopic (exact) mass is 502 g/mol. The van der Waals surface area contributed by atoms with E-state index in [0.29, 0.717) is 43.9 Å². The Balaban J connectivity index is 1.28. The smallest absolute Gasteiger partial charge is 0.418 e. The molecule has 3 aromatic rings. The third-order valence-electron chi connectivity index (χ3n) is 6.48. The molecule has 1 fully saturated rings. The number of Topliss-reactive ketones (excluding diaryl/α,β-unsaturated/α-hetero) is 1.